The van der Waals surface area contributed by atoms with Gasteiger partial charge in [0.15, 0.2) is 0 Å². The highest BCUT2D eigenvalue weighted by Crippen LogP contribution is 2.19. The molecule has 0 unspecified atom stereocenters. The molecule has 0 aliphatic heterocycles. The van der Waals surface area contributed by atoms with Crippen molar-refractivity contribution >= 4 is 0 Å². The molecule has 1 saturated carbocycles. The van der Waals surface area contributed by atoms with E-state index in [1.54, 1.807) is 18.3 Å². The van der Waals surface area contributed by atoms with Gasteiger partial charge < -0.3 is 5.32 Å². The molecule has 1 aliphatic rings. The van der Waals surface area contributed by atoms with E-state index in [0.29, 0.717) is 11.7 Å². The Balaban J connectivity index is 1.74. The standard InChI is InChI=1S/C12H13FN4/c13-9-2-1-3-12(6-9)17-15-8-11(16-17)7-14-10-4-5-10/h1-3,6,8,10,14H,4-5,7H2. The van der Waals surface area contributed by atoms with Crippen LogP contribution < -0.4 is 5.32 Å². The maximum atomic E-state index is 13.0. The first-order valence-electron chi connectivity index (χ1n) is 5.72. The summed E-state index contributed by atoms with van der Waals surface area (Å²) in [5.41, 5.74) is 1.52. The fourth-order valence-electron chi connectivity index (χ4n) is 1.64. The van der Waals surface area contributed by atoms with Gasteiger partial charge in [0, 0.05) is 18.7 Å². The largest absolute Gasteiger partial charge is 0.308 e. The molecule has 5 heteroatoms. The Bertz CT molecular complexity index is 519. The summed E-state index contributed by atoms with van der Waals surface area (Å²) >= 11 is 0. The van der Waals surface area contributed by atoms with E-state index in [4.69, 9.17) is 0 Å². The molecule has 3 rings (SSSR count). The summed E-state index contributed by atoms with van der Waals surface area (Å²) in [6.07, 6.45) is 4.20. The zero-order valence-electron chi connectivity index (χ0n) is 9.31. The summed E-state index contributed by atoms with van der Waals surface area (Å²) in [6, 6.07) is 6.90. The molecule has 1 aliphatic carbocycles. The van der Waals surface area contributed by atoms with Crippen molar-refractivity contribution in [2.75, 3.05) is 0 Å². The van der Waals surface area contributed by atoms with Gasteiger partial charge in [0.05, 0.1) is 17.6 Å². The number of rotatable bonds is 4. The fraction of sp³-hybridized carbons (Fsp3) is 0.333. The van der Waals surface area contributed by atoms with Crippen LogP contribution in [0.5, 0.6) is 0 Å². The second-order valence-electron chi connectivity index (χ2n) is 4.26. The van der Waals surface area contributed by atoms with E-state index >= 15 is 0 Å². The summed E-state index contributed by atoms with van der Waals surface area (Å²) in [6.45, 7) is 0.722. The molecule has 1 aromatic heterocycles. The van der Waals surface area contributed by atoms with Crippen LogP contribution in [0, 0.1) is 5.82 Å². The zero-order chi connectivity index (χ0) is 11.7. The summed E-state index contributed by atoms with van der Waals surface area (Å²) in [5, 5.41) is 11.8. The van der Waals surface area contributed by atoms with Gasteiger partial charge >= 0.3 is 0 Å². The average Bonchev–Trinajstić information content (AvgIpc) is 3.04. The Hall–Kier alpha value is -1.75. The van der Waals surface area contributed by atoms with Crippen molar-refractivity contribution in [3.8, 4) is 5.69 Å². The maximum absolute atomic E-state index is 13.0. The number of aromatic nitrogens is 3. The van der Waals surface area contributed by atoms with Gasteiger partial charge in [-0.1, -0.05) is 6.07 Å². The number of nitrogens with zero attached hydrogens (tertiary/aromatic N) is 3. The minimum atomic E-state index is -0.280. The topological polar surface area (TPSA) is 42.7 Å². The van der Waals surface area contributed by atoms with Crippen molar-refractivity contribution in [1.82, 2.24) is 20.3 Å². The SMILES string of the molecule is Fc1cccc(-n2ncc(CNC3CC3)n2)c1. The average molecular weight is 232 g/mol. The molecule has 0 saturated heterocycles. The first-order chi connectivity index (χ1) is 8.31. The lowest BCUT2D eigenvalue weighted by atomic mass is 10.3. The first kappa shape index (κ1) is 10.4. The number of benzene rings is 1. The smallest absolute Gasteiger partial charge is 0.125 e. The molecule has 1 N–H and O–H groups in total. The molecule has 0 spiro atoms. The van der Waals surface area contributed by atoms with E-state index in [1.807, 2.05) is 0 Å². The zero-order valence-corrected chi connectivity index (χ0v) is 9.31. The number of hydrogen-bond donors (Lipinski definition) is 1. The molecule has 1 heterocycles. The van der Waals surface area contributed by atoms with Crippen LogP contribution in [-0.2, 0) is 6.54 Å². The monoisotopic (exact) mass is 232 g/mol. The molecule has 1 fully saturated rings. The van der Waals surface area contributed by atoms with E-state index in [2.05, 4.69) is 15.5 Å². The molecule has 1 aromatic carbocycles. The first-order valence-corrected chi connectivity index (χ1v) is 5.72. The lowest BCUT2D eigenvalue weighted by molar-refractivity contribution is 0.620. The lowest BCUT2D eigenvalue weighted by Crippen LogP contribution is -2.15. The van der Waals surface area contributed by atoms with Crippen LogP contribution in [0.25, 0.3) is 5.69 Å². The molecular formula is C12H13FN4. The quantitative estimate of drug-likeness (QED) is 0.871. The van der Waals surface area contributed by atoms with Crippen molar-refractivity contribution in [2.45, 2.75) is 25.4 Å². The second-order valence-corrected chi connectivity index (χ2v) is 4.26. The van der Waals surface area contributed by atoms with Crippen LogP contribution in [0.3, 0.4) is 0 Å². The van der Waals surface area contributed by atoms with Gasteiger partial charge in [-0.25, -0.2) is 4.39 Å². The van der Waals surface area contributed by atoms with E-state index < -0.39 is 0 Å². The van der Waals surface area contributed by atoms with Crippen molar-refractivity contribution in [1.29, 1.82) is 0 Å². The van der Waals surface area contributed by atoms with E-state index in [9.17, 15) is 4.39 Å². The Kier molecular flexibility index (Phi) is 2.60. The van der Waals surface area contributed by atoms with Gasteiger partial charge in [-0.15, -0.1) is 0 Å². The molecular weight excluding hydrogens is 219 g/mol. The van der Waals surface area contributed by atoms with Crippen LogP contribution in [0.4, 0.5) is 4.39 Å². The summed E-state index contributed by atoms with van der Waals surface area (Å²) in [4.78, 5) is 1.45. The predicted molar refractivity (Wildman–Crippen MR) is 61.2 cm³/mol. The van der Waals surface area contributed by atoms with Crippen molar-refractivity contribution in [3.63, 3.8) is 0 Å². The third-order valence-corrected chi connectivity index (χ3v) is 2.73. The van der Waals surface area contributed by atoms with E-state index in [0.717, 1.165) is 12.2 Å². The minimum Gasteiger partial charge on any atom is -0.308 e. The molecule has 88 valence electrons. The highest BCUT2D eigenvalue weighted by atomic mass is 19.1. The van der Waals surface area contributed by atoms with Crippen LogP contribution in [-0.4, -0.2) is 21.0 Å². The van der Waals surface area contributed by atoms with Crippen LogP contribution in [0.2, 0.25) is 0 Å². The predicted octanol–water partition coefficient (Wildman–Crippen LogP) is 1.66. The highest BCUT2D eigenvalue weighted by molar-refractivity contribution is 5.29. The fourth-order valence-corrected chi connectivity index (χ4v) is 1.64. The number of nitrogens with one attached hydrogen (secondary N) is 1. The Morgan fingerprint density at radius 3 is 3.06 bits per heavy atom. The molecule has 17 heavy (non-hydrogen) atoms. The molecule has 4 nitrogen and oxygen atoms in total. The molecule has 0 amide bonds. The maximum Gasteiger partial charge on any atom is 0.125 e. The van der Waals surface area contributed by atoms with Crippen LogP contribution in [0.15, 0.2) is 30.5 Å². The van der Waals surface area contributed by atoms with Gasteiger partial charge in [-0.05, 0) is 25.0 Å². The third-order valence-electron chi connectivity index (χ3n) is 2.73. The number of hydrogen-bond acceptors (Lipinski definition) is 3. The Morgan fingerprint density at radius 1 is 1.41 bits per heavy atom. The normalized spacial score (nSPS) is 15.1. The van der Waals surface area contributed by atoms with Crippen molar-refractivity contribution < 1.29 is 4.39 Å². The van der Waals surface area contributed by atoms with Gasteiger partial charge in [-0.3, -0.25) is 0 Å². The third kappa shape index (κ3) is 2.50. The van der Waals surface area contributed by atoms with Gasteiger partial charge in [-0.2, -0.15) is 15.0 Å². The minimum absolute atomic E-state index is 0.280. The highest BCUT2D eigenvalue weighted by Gasteiger charge is 2.20. The van der Waals surface area contributed by atoms with Gasteiger partial charge in [0.25, 0.3) is 0 Å². The second kappa shape index (κ2) is 4.25. The lowest BCUT2D eigenvalue weighted by Gasteiger charge is -1.99. The Morgan fingerprint density at radius 2 is 2.29 bits per heavy atom. The van der Waals surface area contributed by atoms with Crippen molar-refractivity contribution in [3.05, 3.63) is 42.0 Å². The summed E-state index contributed by atoms with van der Waals surface area (Å²) in [5.74, 6) is -0.280. The Labute approximate surface area is 98.5 Å². The molecule has 0 radical (unpaired) electrons. The number of halogens is 1. The van der Waals surface area contributed by atoms with Crippen LogP contribution in [0.1, 0.15) is 18.5 Å². The summed E-state index contributed by atoms with van der Waals surface area (Å²) < 4.78 is 13.0. The molecule has 2 aromatic rings. The van der Waals surface area contributed by atoms with Gasteiger partial charge in [0.2, 0.25) is 0 Å². The molecule has 0 atom stereocenters. The van der Waals surface area contributed by atoms with E-state index in [-0.39, 0.29) is 5.82 Å². The summed E-state index contributed by atoms with van der Waals surface area (Å²) in [7, 11) is 0. The van der Waals surface area contributed by atoms with Gasteiger partial charge in [0.1, 0.15) is 5.82 Å². The molecule has 0 bridgehead atoms. The van der Waals surface area contributed by atoms with E-state index in [1.165, 1.54) is 29.8 Å². The van der Waals surface area contributed by atoms with Crippen LogP contribution >= 0.6 is 0 Å². The van der Waals surface area contributed by atoms with Crippen molar-refractivity contribution in [2.24, 2.45) is 0 Å².